The Hall–Kier alpha value is -1.39. The lowest BCUT2D eigenvalue weighted by Crippen LogP contribution is -2.41. The van der Waals surface area contributed by atoms with Gasteiger partial charge in [0.05, 0.1) is 5.92 Å². The second kappa shape index (κ2) is 7.41. The van der Waals surface area contributed by atoms with E-state index in [1.807, 2.05) is 24.3 Å². The highest BCUT2D eigenvalue weighted by Crippen LogP contribution is 2.18. The first-order valence-corrected chi connectivity index (χ1v) is 7.43. The van der Waals surface area contributed by atoms with Crippen LogP contribution in [0.3, 0.4) is 0 Å². The number of rotatable bonds is 5. The average molecular weight is 276 g/mol. The van der Waals surface area contributed by atoms with E-state index in [4.69, 9.17) is 5.11 Å². The van der Waals surface area contributed by atoms with Crippen LogP contribution in [0.5, 0.6) is 0 Å². The largest absolute Gasteiger partial charge is 0.396 e. The number of piperidine rings is 1. The minimum absolute atomic E-state index is 0.0623. The van der Waals surface area contributed by atoms with Gasteiger partial charge in [0.25, 0.3) is 0 Å². The van der Waals surface area contributed by atoms with Crippen LogP contribution in [0.25, 0.3) is 0 Å². The number of aryl methyl sites for hydroxylation is 1. The van der Waals surface area contributed by atoms with E-state index in [1.54, 1.807) is 0 Å². The number of amides is 1. The first-order valence-electron chi connectivity index (χ1n) is 7.43. The van der Waals surface area contributed by atoms with E-state index in [9.17, 15) is 4.79 Å². The number of aliphatic hydroxyl groups is 1. The fraction of sp³-hybridized carbons (Fsp3) is 0.562. The molecule has 1 aliphatic heterocycles. The van der Waals surface area contributed by atoms with Crippen LogP contribution >= 0.6 is 0 Å². The Morgan fingerprint density at radius 3 is 3.00 bits per heavy atom. The maximum atomic E-state index is 12.2. The lowest BCUT2D eigenvalue weighted by atomic mass is 9.94. The summed E-state index contributed by atoms with van der Waals surface area (Å²) in [6.45, 7) is 3.11. The van der Waals surface area contributed by atoms with Gasteiger partial charge in [-0.15, -0.1) is 0 Å². The molecule has 1 amide bonds. The zero-order chi connectivity index (χ0) is 14.4. The molecule has 0 radical (unpaired) electrons. The number of benzene rings is 1. The van der Waals surface area contributed by atoms with Crippen LogP contribution in [-0.4, -0.2) is 30.2 Å². The summed E-state index contributed by atoms with van der Waals surface area (Å²) in [6.07, 6.45) is 3.59. The SMILES string of the molecule is CC1CCC(C(=O)Nc2cccc(CCCO)c2)CN1. The average Bonchev–Trinajstić information content (AvgIpc) is 2.46. The standard InChI is InChI=1S/C16H24N2O2/c1-12-7-8-14(11-17-12)16(20)18-15-6-2-4-13(10-15)5-3-9-19/h2,4,6,10,12,14,17,19H,3,5,7-9,11H2,1H3,(H,18,20). The lowest BCUT2D eigenvalue weighted by Gasteiger charge is -2.26. The van der Waals surface area contributed by atoms with E-state index in [1.165, 1.54) is 0 Å². The molecule has 3 N–H and O–H groups in total. The molecule has 0 aliphatic carbocycles. The van der Waals surface area contributed by atoms with Crippen molar-refractivity contribution < 1.29 is 9.90 Å². The Balaban J connectivity index is 1.90. The molecule has 1 saturated heterocycles. The summed E-state index contributed by atoms with van der Waals surface area (Å²) >= 11 is 0. The summed E-state index contributed by atoms with van der Waals surface area (Å²) in [7, 11) is 0. The van der Waals surface area contributed by atoms with Crippen LogP contribution in [0.1, 0.15) is 31.7 Å². The number of hydrogen-bond donors (Lipinski definition) is 3. The minimum atomic E-state index is 0.0623. The lowest BCUT2D eigenvalue weighted by molar-refractivity contribution is -0.120. The summed E-state index contributed by atoms with van der Waals surface area (Å²) < 4.78 is 0. The summed E-state index contributed by atoms with van der Waals surface area (Å²) in [6, 6.07) is 8.39. The van der Waals surface area contributed by atoms with Gasteiger partial charge >= 0.3 is 0 Å². The Labute approximate surface area is 120 Å². The fourth-order valence-corrected chi connectivity index (χ4v) is 2.55. The van der Waals surface area contributed by atoms with Gasteiger partial charge in [-0.3, -0.25) is 4.79 Å². The molecule has 110 valence electrons. The normalized spacial score (nSPS) is 22.5. The number of carbonyl (C=O) groups excluding carboxylic acids is 1. The summed E-state index contributed by atoms with van der Waals surface area (Å²) in [4.78, 5) is 12.2. The van der Waals surface area contributed by atoms with Crippen molar-refractivity contribution >= 4 is 11.6 Å². The van der Waals surface area contributed by atoms with Gasteiger partial charge in [0.15, 0.2) is 0 Å². The summed E-state index contributed by atoms with van der Waals surface area (Å²) in [5.41, 5.74) is 2.00. The maximum absolute atomic E-state index is 12.2. The van der Waals surface area contributed by atoms with Crippen molar-refractivity contribution in [1.29, 1.82) is 0 Å². The molecule has 2 atom stereocenters. The van der Waals surface area contributed by atoms with Crippen molar-refractivity contribution in [2.45, 2.75) is 38.6 Å². The first kappa shape index (κ1) is 15.0. The van der Waals surface area contributed by atoms with Crippen LogP contribution in [-0.2, 0) is 11.2 Å². The molecule has 20 heavy (non-hydrogen) atoms. The van der Waals surface area contributed by atoms with Crippen molar-refractivity contribution in [3.63, 3.8) is 0 Å². The number of hydrogen-bond acceptors (Lipinski definition) is 3. The van der Waals surface area contributed by atoms with Crippen molar-refractivity contribution in [2.75, 3.05) is 18.5 Å². The number of anilines is 1. The highest BCUT2D eigenvalue weighted by Gasteiger charge is 2.23. The Kier molecular flexibility index (Phi) is 5.56. The van der Waals surface area contributed by atoms with Crippen molar-refractivity contribution in [1.82, 2.24) is 5.32 Å². The van der Waals surface area contributed by atoms with E-state index in [-0.39, 0.29) is 18.4 Å². The molecule has 1 aliphatic rings. The molecule has 0 spiro atoms. The van der Waals surface area contributed by atoms with Crippen molar-refractivity contribution in [3.8, 4) is 0 Å². The first-order chi connectivity index (χ1) is 9.69. The number of nitrogens with one attached hydrogen (secondary N) is 2. The third-order valence-corrected chi connectivity index (χ3v) is 3.85. The van der Waals surface area contributed by atoms with Crippen molar-refractivity contribution in [3.05, 3.63) is 29.8 Å². The smallest absolute Gasteiger partial charge is 0.228 e. The highest BCUT2D eigenvalue weighted by atomic mass is 16.2. The predicted octanol–water partition coefficient (Wildman–Crippen LogP) is 1.94. The molecule has 0 bridgehead atoms. The van der Waals surface area contributed by atoms with Gasteiger partial charge in [-0.1, -0.05) is 12.1 Å². The molecular weight excluding hydrogens is 252 g/mol. The molecule has 1 aromatic carbocycles. The molecule has 2 rings (SSSR count). The van der Waals surface area contributed by atoms with Gasteiger partial charge in [0.2, 0.25) is 5.91 Å². The van der Waals surface area contributed by atoms with Gasteiger partial charge in [-0.2, -0.15) is 0 Å². The molecule has 4 heteroatoms. The molecule has 2 unspecified atom stereocenters. The van der Waals surface area contributed by atoms with Gasteiger partial charge in [0.1, 0.15) is 0 Å². The Bertz CT molecular complexity index is 440. The zero-order valence-corrected chi connectivity index (χ0v) is 12.1. The maximum Gasteiger partial charge on any atom is 0.228 e. The minimum Gasteiger partial charge on any atom is -0.396 e. The van der Waals surface area contributed by atoms with Crippen LogP contribution in [0.2, 0.25) is 0 Å². The van der Waals surface area contributed by atoms with Gasteiger partial charge in [-0.25, -0.2) is 0 Å². The topological polar surface area (TPSA) is 61.4 Å². The predicted molar refractivity (Wildman–Crippen MR) is 80.7 cm³/mol. The van der Waals surface area contributed by atoms with Crippen LogP contribution in [0, 0.1) is 5.92 Å². The van der Waals surface area contributed by atoms with E-state index in [0.717, 1.165) is 43.5 Å². The second-order valence-electron chi connectivity index (χ2n) is 5.60. The number of aliphatic hydroxyl groups excluding tert-OH is 1. The molecule has 1 heterocycles. The Morgan fingerprint density at radius 1 is 1.45 bits per heavy atom. The van der Waals surface area contributed by atoms with E-state index in [0.29, 0.717) is 6.04 Å². The molecular formula is C16H24N2O2. The van der Waals surface area contributed by atoms with Gasteiger partial charge in [-0.05, 0) is 50.3 Å². The van der Waals surface area contributed by atoms with E-state index >= 15 is 0 Å². The zero-order valence-electron chi connectivity index (χ0n) is 12.1. The third kappa shape index (κ3) is 4.32. The molecule has 0 saturated carbocycles. The van der Waals surface area contributed by atoms with Crippen LogP contribution in [0.4, 0.5) is 5.69 Å². The van der Waals surface area contributed by atoms with Gasteiger partial charge < -0.3 is 15.7 Å². The van der Waals surface area contributed by atoms with E-state index in [2.05, 4.69) is 17.6 Å². The van der Waals surface area contributed by atoms with E-state index < -0.39 is 0 Å². The Morgan fingerprint density at radius 2 is 2.30 bits per heavy atom. The van der Waals surface area contributed by atoms with Crippen LogP contribution in [0.15, 0.2) is 24.3 Å². The molecule has 1 fully saturated rings. The summed E-state index contributed by atoms with van der Waals surface area (Å²) in [5, 5.41) is 15.2. The molecule has 0 aromatic heterocycles. The molecule has 1 aromatic rings. The fourth-order valence-electron chi connectivity index (χ4n) is 2.55. The molecule has 4 nitrogen and oxygen atoms in total. The van der Waals surface area contributed by atoms with Crippen LogP contribution < -0.4 is 10.6 Å². The van der Waals surface area contributed by atoms with Gasteiger partial charge in [0, 0.05) is 24.9 Å². The van der Waals surface area contributed by atoms with Crippen molar-refractivity contribution in [2.24, 2.45) is 5.92 Å². The quantitative estimate of drug-likeness (QED) is 0.770. The second-order valence-corrected chi connectivity index (χ2v) is 5.60. The highest BCUT2D eigenvalue weighted by molar-refractivity contribution is 5.92. The third-order valence-electron chi connectivity index (χ3n) is 3.85. The summed E-state index contributed by atoms with van der Waals surface area (Å²) in [5.74, 6) is 0.163. The number of carbonyl (C=O) groups is 1. The monoisotopic (exact) mass is 276 g/mol.